The van der Waals surface area contributed by atoms with Gasteiger partial charge in [-0.05, 0) is 69.2 Å². The quantitative estimate of drug-likeness (QED) is 0.643. The molecule has 0 radical (unpaired) electrons. The first-order valence-electron chi connectivity index (χ1n) is 10.8. The van der Waals surface area contributed by atoms with E-state index in [2.05, 4.69) is 36.6 Å². The van der Waals surface area contributed by atoms with E-state index in [0.29, 0.717) is 12.0 Å². The summed E-state index contributed by atoms with van der Waals surface area (Å²) < 4.78 is 6.18. The molecule has 2 aliphatic carbocycles. The van der Waals surface area contributed by atoms with E-state index in [1.165, 1.54) is 75.7 Å². The highest BCUT2D eigenvalue weighted by Crippen LogP contribution is 2.52. The molecule has 1 spiro atoms. The van der Waals surface area contributed by atoms with Gasteiger partial charge in [0.05, 0.1) is 12.7 Å². The first-order valence-corrected chi connectivity index (χ1v) is 10.8. The third kappa shape index (κ3) is 3.64. The van der Waals surface area contributed by atoms with Gasteiger partial charge in [-0.15, -0.1) is 6.58 Å². The van der Waals surface area contributed by atoms with E-state index in [1.807, 2.05) is 6.08 Å². The summed E-state index contributed by atoms with van der Waals surface area (Å²) in [4.78, 5) is 2.76. The molecule has 0 N–H and O–H groups in total. The number of rotatable bonds is 5. The third-order valence-electron chi connectivity index (χ3n) is 7.17. The van der Waals surface area contributed by atoms with Gasteiger partial charge in [-0.25, -0.2) is 0 Å². The van der Waals surface area contributed by atoms with Crippen LogP contribution in [0.2, 0.25) is 0 Å². The van der Waals surface area contributed by atoms with Gasteiger partial charge in [-0.2, -0.15) is 0 Å². The monoisotopic (exact) mass is 353 g/mol. The Morgan fingerprint density at radius 1 is 1.19 bits per heavy atom. The van der Waals surface area contributed by atoms with Crippen molar-refractivity contribution in [2.45, 2.75) is 69.8 Å². The Hall–Kier alpha value is -1.12. The van der Waals surface area contributed by atoms with Gasteiger partial charge in [-0.3, -0.25) is 0 Å². The molecule has 0 aromatic heterocycles. The molecule has 1 atom stereocenters. The van der Waals surface area contributed by atoms with E-state index >= 15 is 0 Å². The van der Waals surface area contributed by atoms with Crippen LogP contribution in [0.25, 0.3) is 0 Å². The molecule has 2 fully saturated rings. The second kappa shape index (κ2) is 7.86. The number of hydrogen-bond acceptors (Lipinski definition) is 2. The normalized spacial score (nSPS) is 26.1. The third-order valence-corrected chi connectivity index (χ3v) is 7.17. The topological polar surface area (TPSA) is 12.5 Å². The number of hydrogen-bond donors (Lipinski definition) is 0. The zero-order valence-electron chi connectivity index (χ0n) is 16.5. The Morgan fingerprint density at radius 2 is 1.96 bits per heavy atom. The molecule has 1 unspecified atom stereocenters. The lowest BCUT2D eigenvalue weighted by Crippen LogP contribution is -2.43. The average molecular weight is 354 g/mol. The van der Waals surface area contributed by atoms with Crippen LogP contribution in [-0.4, -0.2) is 31.1 Å². The van der Waals surface area contributed by atoms with Crippen molar-refractivity contribution in [1.82, 2.24) is 4.90 Å². The molecule has 1 saturated heterocycles. The fraction of sp³-hybridized carbons (Fsp3) is 0.667. The number of piperidine rings is 1. The van der Waals surface area contributed by atoms with Gasteiger partial charge in [0, 0.05) is 12.0 Å². The first-order chi connectivity index (χ1) is 12.7. The predicted molar refractivity (Wildman–Crippen MR) is 109 cm³/mol. The van der Waals surface area contributed by atoms with Crippen LogP contribution < -0.4 is 0 Å². The maximum absolute atomic E-state index is 6.18. The molecule has 1 aromatic carbocycles. The van der Waals surface area contributed by atoms with Crippen molar-refractivity contribution in [3.05, 3.63) is 47.5 Å². The van der Waals surface area contributed by atoms with E-state index in [9.17, 15) is 0 Å². The lowest BCUT2D eigenvalue weighted by molar-refractivity contribution is 0.0466. The van der Waals surface area contributed by atoms with Crippen molar-refractivity contribution in [2.24, 2.45) is 5.92 Å². The fourth-order valence-electron chi connectivity index (χ4n) is 5.71. The standard InChI is InChI=1S/C24H35NO/c1-3-15-26-23-17-24(22-10-9-19(2)16-21(22)23)11-13-25(14-12-24)18-20-7-5-4-6-8-20/h3,9-10,16,20,23H,1,4-8,11-15,17-18H2,2H3. The predicted octanol–water partition coefficient (Wildman–Crippen LogP) is 5.56. The highest BCUT2D eigenvalue weighted by atomic mass is 16.5. The van der Waals surface area contributed by atoms with Crippen LogP contribution in [0.15, 0.2) is 30.9 Å². The maximum Gasteiger partial charge on any atom is 0.0840 e. The highest BCUT2D eigenvalue weighted by molar-refractivity contribution is 5.44. The van der Waals surface area contributed by atoms with Crippen molar-refractivity contribution < 1.29 is 4.74 Å². The van der Waals surface area contributed by atoms with Crippen molar-refractivity contribution >= 4 is 0 Å². The van der Waals surface area contributed by atoms with Crippen LogP contribution in [0, 0.1) is 12.8 Å². The van der Waals surface area contributed by atoms with Crippen molar-refractivity contribution in [3.63, 3.8) is 0 Å². The summed E-state index contributed by atoms with van der Waals surface area (Å²) in [6.45, 7) is 10.5. The summed E-state index contributed by atoms with van der Waals surface area (Å²) in [5.41, 5.74) is 4.72. The molecule has 1 heterocycles. The summed E-state index contributed by atoms with van der Waals surface area (Å²) in [5.74, 6) is 0.958. The van der Waals surface area contributed by atoms with Crippen LogP contribution in [0.3, 0.4) is 0 Å². The van der Waals surface area contributed by atoms with Gasteiger partial charge in [0.2, 0.25) is 0 Å². The smallest absolute Gasteiger partial charge is 0.0840 e. The molecule has 2 heteroatoms. The largest absolute Gasteiger partial charge is 0.369 e. The molecule has 1 saturated carbocycles. The molecule has 1 aromatic rings. The minimum absolute atomic E-state index is 0.257. The second-order valence-corrected chi connectivity index (χ2v) is 8.99. The van der Waals surface area contributed by atoms with Crippen LogP contribution >= 0.6 is 0 Å². The van der Waals surface area contributed by atoms with Gasteiger partial charge >= 0.3 is 0 Å². The van der Waals surface area contributed by atoms with Crippen molar-refractivity contribution in [3.8, 4) is 0 Å². The summed E-state index contributed by atoms with van der Waals surface area (Å²) in [6.07, 6.45) is 13.2. The summed E-state index contributed by atoms with van der Waals surface area (Å²) >= 11 is 0. The number of fused-ring (bicyclic) bond motifs is 2. The van der Waals surface area contributed by atoms with Crippen LogP contribution in [0.4, 0.5) is 0 Å². The number of ether oxygens (including phenoxy) is 1. The van der Waals surface area contributed by atoms with E-state index in [4.69, 9.17) is 4.74 Å². The fourth-order valence-corrected chi connectivity index (χ4v) is 5.71. The molecule has 0 bridgehead atoms. The van der Waals surface area contributed by atoms with Gasteiger partial charge < -0.3 is 9.64 Å². The summed E-state index contributed by atoms with van der Waals surface area (Å²) in [7, 11) is 0. The van der Waals surface area contributed by atoms with E-state index in [0.717, 1.165) is 12.3 Å². The molecular formula is C24H35NO. The highest BCUT2D eigenvalue weighted by Gasteiger charge is 2.45. The SMILES string of the molecule is C=CCOC1CC2(CCN(CC3CCCCC3)CC2)c2ccc(C)cc21. The number of nitrogens with zero attached hydrogens (tertiary/aromatic N) is 1. The van der Waals surface area contributed by atoms with Crippen molar-refractivity contribution in [2.75, 3.05) is 26.2 Å². The Labute approximate surface area is 159 Å². The zero-order chi connectivity index (χ0) is 18.0. The Balaban J connectivity index is 1.45. The number of likely N-dealkylation sites (tertiary alicyclic amines) is 1. The number of aryl methyl sites for hydroxylation is 1. The van der Waals surface area contributed by atoms with E-state index < -0.39 is 0 Å². The van der Waals surface area contributed by atoms with Crippen LogP contribution in [0.1, 0.15) is 74.2 Å². The molecule has 4 rings (SSSR count). The number of benzene rings is 1. The lowest BCUT2D eigenvalue weighted by Gasteiger charge is -2.41. The van der Waals surface area contributed by atoms with Crippen molar-refractivity contribution in [1.29, 1.82) is 0 Å². The molecular weight excluding hydrogens is 318 g/mol. The van der Waals surface area contributed by atoms with Crippen LogP contribution in [-0.2, 0) is 10.2 Å². The molecule has 3 aliphatic rings. The first kappa shape index (κ1) is 18.3. The maximum atomic E-state index is 6.18. The molecule has 142 valence electrons. The van der Waals surface area contributed by atoms with Crippen LogP contribution in [0.5, 0.6) is 0 Å². The Morgan fingerprint density at radius 3 is 2.69 bits per heavy atom. The minimum atomic E-state index is 0.257. The second-order valence-electron chi connectivity index (χ2n) is 8.99. The van der Waals surface area contributed by atoms with E-state index in [-0.39, 0.29) is 6.10 Å². The average Bonchev–Trinajstić information content (AvgIpc) is 2.95. The Bertz CT molecular complexity index is 623. The zero-order valence-corrected chi connectivity index (χ0v) is 16.5. The summed E-state index contributed by atoms with van der Waals surface area (Å²) in [5, 5.41) is 0. The molecule has 0 amide bonds. The van der Waals surface area contributed by atoms with Gasteiger partial charge in [0.25, 0.3) is 0 Å². The van der Waals surface area contributed by atoms with E-state index in [1.54, 1.807) is 5.56 Å². The lowest BCUT2D eigenvalue weighted by atomic mass is 9.73. The van der Waals surface area contributed by atoms with Gasteiger partial charge in [0.15, 0.2) is 0 Å². The van der Waals surface area contributed by atoms with Gasteiger partial charge in [0.1, 0.15) is 0 Å². The molecule has 1 aliphatic heterocycles. The minimum Gasteiger partial charge on any atom is -0.369 e. The Kier molecular flexibility index (Phi) is 5.52. The molecule has 2 nitrogen and oxygen atoms in total. The van der Waals surface area contributed by atoms with Gasteiger partial charge in [-0.1, -0.05) is 49.1 Å². The summed E-state index contributed by atoms with van der Waals surface area (Å²) in [6, 6.07) is 7.07. The molecule has 26 heavy (non-hydrogen) atoms.